The molecule has 0 saturated carbocycles. The number of carbonyl (C=O) groups excluding carboxylic acids is 1. The molecule has 1 fully saturated rings. The number of rotatable bonds is 2. The minimum Gasteiger partial charge on any atom is -0.361 e. The first kappa shape index (κ1) is 11.9. The van der Waals surface area contributed by atoms with E-state index in [2.05, 4.69) is 15.4 Å². The highest BCUT2D eigenvalue weighted by molar-refractivity contribution is 5.73. The van der Waals surface area contributed by atoms with Gasteiger partial charge in [0.05, 0.1) is 5.69 Å². The van der Waals surface area contributed by atoms with E-state index in [0.717, 1.165) is 44.2 Å². The molecule has 2 amide bonds. The van der Waals surface area contributed by atoms with Crippen molar-refractivity contribution in [3.8, 4) is 0 Å². The Morgan fingerprint density at radius 2 is 2.18 bits per heavy atom. The van der Waals surface area contributed by atoms with Gasteiger partial charge in [0, 0.05) is 45.8 Å². The van der Waals surface area contributed by atoms with Crippen LogP contribution in [0.1, 0.15) is 11.5 Å². The monoisotopic (exact) mass is 238 g/mol. The third kappa shape index (κ3) is 2.97. The van der Waals surface area contributed by atoms with E-state index in [1.165, 1.54) is 0 Å². The summed E-state index contributed by atoms with van der Waals surface area (Å²) < 4.78 is 5.03. The maximum Gasteiger partial charge on any atom is 0.317 e. The highest BCUT2D eigenvalue weighted by atomic mass is 16.5. The van der Waals surface area contributed by atoms with E-state index in [4.69, 9.17) is 4.52 Å². The van der Waals surface area contributed by atoms with Gasteiger partial charge < -0.3 is 14.7 Å². The lowest BCUT2D eigenvalue weighted by molar-refractivity contribution is 0.134. The largest absolute Gasteiger partial charge is 0.361 e. The summed E-state index contributed by atoms with van der Waals surface area (Å²) >= 11 is 0. The van der Waals surface area contributed by atoms with Crippen LogP contribution in [-0.4, -0.2) is 54.2 Å². The highest BCUT2D eigenvalue weighted by Gasteiger charge is 2.20. The van der Waals surface area contributed by atoms with Crippen molar-refractivity contribution in [1.29, 1.82) is 0 Å². The first-order chi connectivity index (χ1) is 8.19. The molecule has 94 valence electrons. The second kappa shape index (κ2) is 5.18. The van der Waals surface area contributed by atoms with E-state index in [1.807, 2.05) is 17.9 Å². The topological polar surface area (TPSA) is 61.6 Å². The molecule has 1 N–H and O–H groups in total. The molecule has 0 atom stereocenters. The number of piperazine rings is 1. The van der Waals surface area contributed by atoms with Gasteiger partial charge in [-0.3, -0.25) is 4.90 Å². The van der Waals surface area contributed by atoms with Crippen molar-refractivity contribution in [3.63, 3.8) is 0 Å². The van der Waals surface area contributed by atoms with E-state index in [-0.39, 0.29) is 6.03 Å². The maximum absolute atomic E-state index is 11.4. The number of urea groups is 1. The molecule has 2 heterocycles. The lowest BCUT2D eigenvalue weighted by Crippen LogP contribution is -2.50. The Kier molecular flexibility index (Phi) is 3.63. The molecular weight excluding hydrogens is 220 g/mol. The van der Waals surface area contributed by atoms with Gasteiger partial charge in [-0.05, 0) is 6.92 Å². The fraction of sp³-hybridized carbons (Fsp3) is 0.636. The Labute approximate surface area is 101 Å². The number of hydrogen-bond acceptors (Lipinski definition) is 4. The molecule has 6 nitrogen and oxygen atoms in total. The zero-order valence-corrected chi connectivity index (χ0v) is 10.3. The lowest BCUT2D eigenvalue weighted by Gasteiger charge is -2.33. The van der Waals surface area contributed by atoms with Crippen LogP contribution in [0.4, 0.5) is 4.79 Å². The lowest BCUT2D eigenvalue weighted by atomic mass is 10.3. The van der Waals surface area contributed by atoms with E-state index in [1.54, 1.807) is 7.05 Å². The van der Waals surface area contributed by atoms with Crippen molar-refractivity contribution in [2.75, 3.05) is 33.2 Å². The van der Waals surface area contributed by atoms with Crippen LogP contribution in [0.3, 0.4) is 0 Å². The second-order valence-electron chi connectivity index (χ2n) is 4.25. The van der Waals surface area contributed by atoms with Crippen LogP contribution in [0.25, 0.3) is 0 Å². The molecule has 1 aliphatic rings. The SMILES string of the molecule is CNC(=O)N1CCN(Cc2cc(C)on2)CC1. The van der Waals surface area contributed by atoms with Gasteiger partial charge in [-0.25, -0.2) is 4.79 Å². The van der Waals surface area contributed by atoms with Crippen LogP contribution in [0, 0.1) is 6.92 Å². The molecule has 17 heavy (non-hydrogen) atoms. The van der Waals surface area contributed by atoms with Crippen molar-refractivity contribution in [2.45, 2.75) is 13.5 Å². The van der Waals surface area contributed by atoms with E-state index in [0.29, 0.717) is 0 Å². The molecule has 0 unspecified atom stereocenters. The minimum absolute atomic E-state index is 0.00179. The van der Waals surface area contributed by atoms with Crippen molar-refractivity contribution in [1.82, 2.24) is 20.3 Å². The molecule has 1 aromatic heterocycles. The highest BCUT2D eigenvalue weighted by Crippen LogP contribution is 2.08. The summed E-state index contributed by atoms with van der Waals surface area (Å²) in [7, 11) is 1.66. The van der Waals surface area contributed by atoms with Crippen LogP contribution in [0.15, 0.2) is 10.6 Å². The summed E-state index contributed by atoms with van der Waals surface area (Å²) in [5.74, 6) is 0.837. The summed E-state index contributed by atoms with van der Waals surface area (Å²) in [4.78, 5) is 15.5. The fourth-order valence-electron chi connectivity index (χ4n) is 1.99. The van der Waals surface area contributed by atoms with Gasteiger partial charge in [0.15, 0.2) is 0 Å². The number of aryl methyl sites for hydroxylation is 1. The molecular formula is C11H18N4O2. The number of aromatic nitrogens is 1. The van der Waals surface area contributed by atoms with Crippen LogP contribution < -0.4 is 5.32 Å². The molecule has 0 radical (unpaired) electrons. The molecule has 1 aromatic rings. The molecule has 0 aliphatic carbocycles. The fourth-order valence-corrected chi connectivity index (χ4v) is 1.99. The first-order valence-electron chi connectivity index (χ1n) is 5.80. The van der Waals surface area contributed by atoms with Gasteiger partial charge in [0.1, 0.15) is 5.76 Å². The molecule has 6 heteroatoms. The summed E-state index contributed by atoms with van der Waals surface area (Å²) in [5, 5.41) is 6.61. The first-order valence-corrected chi connectivity index (χ1v) is 5.80. The van der Waals surface area contributed by atoms with Gasteiger partial charge in [0.25, 0.3) is 0 Å². The van der Waals surface area contributed by atoms with Gasteiger partial charge in [-0.1, -0.05) is 5.16 Å². The van der Waals surface area contributed by atoms with Gasteiger partial charge in [-0.2, -0.15) is 0 Å². The summed E-state index contributed by atoms with van der Waals surface area (Å²) in [6, 6.07) is 1.95. The average Bonchev–Trinajstić information content (AvgIpc) is 2.75. The zero-order valence-electron chi connectivity index (χ0n) is 10.3. The quantitative estimate of drug-likeness (QED) is 0.812. The van der Waals surface area contributed by atoms with E-state index in [9.17, 15) is 4.79 Å². The Bertz CT molecular complexity index is 383. The van der Waals surface area contributed by atoms with Crippen molar-refractivity contribution >= 4 is 6.03 Å². The Morgan fingerprint density at radius 3 is 2.71 bits per heavy atom. The molecule has 0 aromatic carbocycles. The van der Waals surface area contributed by atoms with Crippen LogP contribution >= 0.6 is 0 Å². The van der Waals surface area contributed by atoms with E-state index >= 15 is 0 Å². The van der Waals surface area contributed by atoms with Crippen LogP contribution in [0.2, 0.25) is 0 Å². The third-order valence-corrected chi connectivity index (χ3v) is 2.94. The van der Waals surface area contributed by atoms with Crippen LogP contribution in [0.5, 0.6) is 0 Å². The summed E-state index contributed by atoms with van der Waals surface area (Å²) in [6.07, 6.45) is 0. The Morgan fingerprint density at radius 1 is 1.47 bits per heavy atom. The Hall–Kier alpha value is -1.56. The number of amides is 2. The molecule has 2 rings (SSSR count). The van der Waals surface area contributed by atoms with Gasteiger partial charge >= 0.3 is 6.03 Å². The van der Waals surface area contributed by atoms with Crippen LogP contribution in [-0.2, 0) is 6.54 Å². The number of nitrogens with one attached hydrogen (secondary N) is 1. The van der Waals surface area contributed by atoms with Gasteiger partial charge in [0.2, 0.25) is 0 Å². The minimum atomic E-state index is 0.00179. The zero-order chi connectivity index (χ0) is 12.3. The Balaban J connectivity index is 1.81. The number of carbonyl (C=O) groups is 1. The van der Waals surface area contributed by atoms with Gasteiger partial charge in [-0.15, -0.1) is 0 Å². The predicted molar refractivity (Wildman–Crippen MR) is 62.5 cm³/mol. The maximum atomic E-state index is 11.4. The van der Waals surface area contributed by atoms with Crippen molar-refractivity contribution in [2.24, 2.45) is 0 Å². The standard InChI is InChI=1S/C11H18N4O2/c1-9-7-10(13-17-9)8-14-3-5-15(6-4-14)11(16)12-2/h7H,3-6,8H2,1-2H3,(H,12,16). The summed E-state index contributed by atoms with van der Waals surface area (Å²) in [5.41, 5.74) is 0.955. The normalized spacial score (nSPS) is 17.2. The third-order valence-electron chi connectivity index (χ3n) is 2.94. The molecule has 1 saturated heterocycles. The summed E-state index contributed by atoms with van der Waals surface area (Å²) in [6.45, 7) is 5.95. The molecule has 1 aliphatic heterocycles. The predicted octanol–water partition coefficient (Wildman–Crippen LogP) is 0.440. The van der Waals surface area contributed by atoms with Crippen molar-refractivity contribution in [3.05, 3.63) is 17.5 Å². The molecule has 0 spiro atoms. The number of hydrogen-bond donors (Lipinski definition) is 1. The molecule has 0 bridgehead atoms. The number of nitrogens with zero attached hydrogens (tertiary/aromatic N) is 3. The average molecular weight is 238 g/mol. The van der Waals surface area contributed by atoms with E-state index < -0.39 is 0 Å². The van der Waals surface area contributed by atoms with Crippen molar-refractivity contribution < 1.29 is 9.32 Å². The second-order valence-corrected chi connectivity index (χ2v) is 4.25. The smallest absolute Gasteiger partial charge is 0.317 e.